The summed E-state index contributed by atoms with van der Waals surface area (Å²) in [6.45, 7) is 3.04. The molecule has 0 bridgehead atoms. The number of aryl methyl sites for hydroxylation is 1. The zero-order valence-electron chi connectivity index (χ0n) is 16.5. The second-order valence-electron chi connectivity index (χ2n) is 7.69. The number of aromatic nitrogens is 2. The molecule has 160 valence electrons. The number of carbonyl (C=O) groups excluding carboxylic acids is 1. The molecule has 1 aromatic heterocycles. The summed E-state index contributed by atoms with van der Waals surface area (Å²) in [5, 5.41) is 3.98. The van der Waals surface area contributed by atoms with E-state index < -0.39 is 10.0 Å². The first-order valence-corrected chi connectivity index (χ1v) is 11.4. The molecule has 1 aliphatic carbocycles. The van der Waals surface area contributed by atoms with Crippen molar-refractivity contribution in [3.63, 3.8) is 0 Å². The standard InChI is InChI=1S/C19H22N4O6S/c1-12-8-14-15(9-16(12)30(25,26)22-4-6-27-7-5-22)28-11-18(24)23(14)10-17-20-19(29-21-17)13-2-3-13/h8-9,13H,2-7,10-11H2,1H3. The van der Waals surface area contributed by atoms with Gasteiger partial charge in [-0.15, -0.1) is 0 Å². The van der Waals surface area contributed by atoms with Crippen molar-refractivity contribution in [1.82, 2.24) is 14.4 Å². The number of nitrogens with zero attached hydrogens (tertiary/aromatic N) is 4. The molecule has 0 atom stereocenters. The number of benzene rings is 1. The maximum atomic E-state index is 13.1. The van der Waals surface area contributed by atoms with Gasteiger partial charge in [0.15, 0.2) is 12.4 Å². The van der Waals surface area contributed by atoms with Crippen molar-refractivity contribution in [3.8, 4) is 5.75 Å². The first-order valence-electron chi connectivity index (χ1n) is 9.91. The maximum absolute atomic E-state index is 13.1. The lowest BCUT2D eigenvalue weighted by molar-refractivity contribution is -0.121. The Hall–Kier alpha value is -2.50. The molecule has 1 amide bonds. The molecule has 2 aromatic rings. The van der Waals surface area contributed by atoms with E-state index in [4.69, 9.17) is 14.0 Å². The summed E-state index contributed by atoms with van der Waals surface area (Å²) in [6.07, 6.45) is 2.08. The summed E-state index contributed by atoms with van der Waals surface area (Å²) >= 11 is 0. The van der Waals surface area contributed by atoms with Gasteiger partial charge in [-0.05, 0) is 31.4 Å². The van der Waals surface area contributed by atoms with Gasteiger partial charge in [0.1, 0.15) is 5.75 Å². The molecule has 10 nitrogen and oxygen atoms in total. The van der Waals surface area contributed by atoms with E-state index in [2.05, 4.69) is 10.1 Å². The van der Waals surface area contributed by atoms with Crippen molar-refractivity contribution in [2.24, 2.45) is 0 Å². The number of fused-ring (bicyclic) bond motifs is 1. The quantitative estimate of drug-likeness (QED) is 0.690. The number of rotatable bonds is 5. The van der Waals surface area contributed by atoms with E-state index in [0.717, 1.165) is 12.8 Å². The van der Waals surface area contributed by atoms with Crippen LogP contribution in [0, 0.1) is 6.92 Å². The Morgan fingerprint density at radius 1 is 1.20 bits per heavy atom. The van der Waals surface area contributed by atoms with Crippen LogP contribution in [0.1, 0.15) is 36.0 Å². The number of anilines is 1. The van der Waals surface area contributed by atoms with Gasteiger partial charge in [0.05, 0.1) is 30.3 Å². The molecule has 1 saturated heterocycles. The van der Waals surface area contributed by atoms with Gasteiger partial charge in [-0.3, -0.25) is 9.69 Å². The predicted molar refractivity (Wildman–Crippen MR) is 104 cm³/mol. The smallest absolute Gasteiger partial charge is 0.265 e. The molecule has 30 heavy (non-hydrogen) atoms. The van der Waals surface area contributed by atoms with Gasteiger partial charge in [0.25, 0.3) is 5.91 Å². The molecule has 1 aromatic carbocycles. The highest BCUT2D eigenvalue weighted by molar-refractivity contribution is 7.89. The van der Waals surface area contributed by atoms with Crippen LogP contribution in [0.25, 0.3) is 0 Å². The Morgan fingerprint density at radius 3 is 2.70 bits per heavy atom. The lowest BCUT2D eigenvalue weighted by Gasteiger charge is -2.31. The van der Waals surface area contributed by atoms with Gasteiger partial charge in [0, 0.05) is 25.1 Å². The van der Waals surface area contributed by atoms with Crippen molar-refractivity contribution >= 4 is 21.6 Å². The number of hydrogen-bond donors (Lipinski definition) is 0. The lowest BCUT2D eigenvalue weighted by Crippen LogP contribution is -2.41. The van der Waals surface area contributed by atoms with Crippen LogP contribution in [0.3, 0.4) is 0 Å². The van der Waals surface area contributed by atoms with Crippen molar-refractivity contribution in [3.05, 3.63) is 29.4 Å². The van der Waals surface area contributed by atoms with E-state index in [9.17, 15) is 13.2 Å². The summed E-state index contributed by atoms with van der Waals surface area (Å²) in [7, 11) is -3.69. The fraction of sp³-hybridized carbons (Fsp3) is 0.526. The second kappa shape index (κ2) is 7.33. The summed E-state index contributed by atoms with van der Waals surface area (Å²) in [4.78, 5) is 18.6. The average molecular weight is 434 g/mol. The molecule has 0 spiro atoms. The number of hydrogen-bond acceptors (Lipinski definition) is 8. The van der Waals surface area contributed by atoms with Gasteiger partial charge in [-0.25, -0.2) is 8.42 Å². The molecular weight excluding hydrogens is 412 g/mol. The van der Waals surface area contributed by atoms with E-state index in [-0.39, 0.29) is 24.0 Å². The average Bonchev–Trinajstić information content (AvgIpc) is 3.49. The number of amides is 1. The van der Waals surface area contributed by atoms with Crippen LogP contribution in [0.2, 0.25) is 0 Å². The van der Waals surface area contributed by atoms with E-state index in [1.807, 2.05) is 0 Å². The normalized spacial score (nSPS) is 20.2. The fourth-order valence-electron chi connectivity index (χ4n) is 3.68. The van der Waals surface area contributed by atoms with E-state index in [1.165, 1.54) is 15.3 Å². The Morgan fingerprint density at radius 2 is 1.97 bits per heavy atom. The third-order valence-corrected chi connectivity index (χ3v) is 7.54. The highest BCUT2D eigenvalue weighted by Crippen LogP contribution is 2.40. The van der Waals surface area contributed by atoms with Crippen LogP contribution < -0.4 is 9.64 Å². The Balaban J connectivity index is 1.46. The first-order chi connectivity index (χ1) is 14.4. The fourth-order valence-corrected chi connectivity index (χ4v) is 5.31. The van der Waals surface area contributed by atoms with Crippen LogP contribution in [0.4, 0.5) is 5.69 Å². The topological polar surface area (TPSA) is 115 Å². The van der Waals surface area contributed by atoms with E-state index >= 15 is 0 Å². The van der Waals surface area contributed by atoms with Crippen LogP contribution in [0.5, 0.6) is 5.75 Å². The van der Waals surface area contributed by atoms with Gasteiger partial charge in [0.2, 0.25) is 15.9 Å². The molecule has 3 heterocycles. The first kappa shape index (κ1) is 19.5. The summed E-state index contributed by atoms with van der Waals surface area (Å²) in [5.74, 6) is 1.45. The lowest BCUT2D eigenvalue weighted by atomic mass is 10.1. The SMILES string of the molecule is Cc1cc2c(cc1S(=O)(=O)N1CCOCC1)OCC(=O)N2Cc1noc(C2CC2)n1. The van der Waals surface area contributed by atoms with Crippen molar-refractivity contribution in [2.75, 3.05) is 37.8 Å². The maximum Gasteiger partial charge on any atom is 0.265 e. The van der Waals surface area contributed by atoms with Crippen LogP contribution in [0.15, 0.2) is 21.6 Å². The summed E-state index contributed by atoms with van der Waals surface area (Å²) in [5.41, 5.74) is 1.04. The van der Waals surface area contributed by atoms with E-state index in [0.29, 0.717) is 60.9 Å². The van der Waals surface area contributed by atoms with Crippen molar-refractivity contribution < 1.29 is 27.2 Å². The third-order valence-electron chi connectivity index (χ3n) is 5.50. The molecule has 0 N–H and O–H groups in total. The highest BCUT2D eigenvalue weighted by Gasteiger charge is 2.34. The number of carbonyl (C=O) groups is 1. The van der Waals surface area contributed by atoms with Crippen LogP contribution >= 0.6 is 0 Å². The highest BCUT2D eigenvalue weighted by atomic mass is 32.2. The molecular formula is C19H22N4O6S. The molecule has 1 saturated carbocycles. The molecule has 0 unspecified atom stereocenters. The second-order valence-corrected chi connectivity index (χ2v) is 9.60. The monoisotopic (exact) mass is 434 g/mol. The minimum atomic E-state index is -3.69. The van der Waals surface area contributed by atoms with Gasteiger partial charge < -0.3 is 14.0 Å². The number of sulfonamides is 1. The number of morpholine rings is 1. The molecule has 2 aliphatic heterocycles. The molecule has 0 radical (unpaired) electrons. The van der Waals surface area contributed by atoms with E-state index in [1.54, 1.807) is 13.0 Å². The summed E-state index contributed by atoms with van der Waals surface area (Å²) in [6, 6.07) is 3.17. The Kier molecular flexibility index (Phi) is 4.75. The molecule has 2 fully saturated rings. The van der Waals surface area contributed by atoms with Crippen LogP contribution in [-0.2, 0) is 26.1 Å². The van der Waals surface area contributed by atoms with Gasteiger partial charge in [-0.2, -0.15) is 9.29 Å². The Bertz CT molecular complexity index is 1090. The molecule has 5 rings (SSSR count). The largest absolute Gasteiger partial charge is 0.482 e. The van der Waals surface area contributed by atoms with Gasteiger partial charge in [-0.1, -0.05) is 5.16 Å². The van der Waals surface area contributed by atoms with Crippen molar-refractivity contribution in [2.45, 2.75) is 37.1 Å². The Labute approximate surface area is 173 Å². The summed E-state index contributed by atoms with van der Waals surface area (Å²) < 4.78 is 43.7. The zero-order chi connectivity index (χ0) is 20.9. The predicted octanol–water partition coefficient (Wildman–Crippen LogP) is 1.20. The minimum absolute atomic E-state index is 0.139. The van der Waals surface area contributed by atoms with Gasteiger partial charge >= 0.3 is 0 Å². The number of ether oxygens (including phenoxy) is 2. The van der Waals surface area contributed by atoms with Crippen LogP contribution in [-0.4, -0.2) is 61.7 Å². The third kappa shape index (κ3) is 3.46. The molecule has 3 aliphatic rings. The van der Waals surface area contributed by atoms with Crippen molar-refractivity contribution in [1.29, 1.82) is 0 Å². The zero-order valence-corrected chi connectivity index (χ0v) is 17.4. The minimum Gasteiger partial charge on any atom is -0.482 e. The molecule has 11 heteroatoms.